The van der Waals surface area contributed by atoms with Crippen LogP contribution in [0.2, 0.25) is 0 Å². The van der Waals surface area contributed by atoms with Crippen LogP contribution in [0.5, 0.6) is 0 Å². The van der Waals surface area contributed by atoms with Crippen LogP contribution in [0.1, 0.15) is 80.1 Å². The van der Waals surface area contributed by atoms with Gasteiger partial charge in [0, 0.05) is 0 Å². The lowest BCUT2D eigenvalue weighted by atomic mass is 9.75. The van der Waals surface area contributed by atoms with E-state index in [4.69, 9.17) is 0 Å². The first-order valence-corrected chi connectivity index (χ1v) is 7.61. The summed E-state index contributed by atoms with van der Waals surface area (Å²) in [6.45, 7) is 13.8. The fourth-order valence-corrected chi connectivity index (χ4v) is 4.53. The van der Waals surface area contributed by atoms with Gasteiger partial charge in [0.25, 0.3) is 0 Å². The maximum Gasteiger partial charge on any atom is -0.0263 e. The first-order chi connectivity index (χ1) is 7.61. The summed E-state index contributed by atoms with van der Waals surface area (Å²) in [6, 6.07) is 0. The average molecular weight is 224 g/mol. The molecule has 0 bridgehead atoms. The minimum Gasteiger partial charge on any atom is -0.0683 e. The van der Waals surface area contributed by atoms with Gasteiger partial charge in [0.1, 0.15) is 0 Å². The minimum absolute atomic E-state index is 0.695. The van der Waals surface area contributed by atoms with E-state index < -0.39 is 0 Å². The molecule has 0 amide bonds. The van der Waals surface area contributed by atoms with E-state index in [0.29, 0.717) is 5.41 Å². The van der Waals surface area contributed by atoms with E-state index in [9.17, 15) is 0 Å². The van der Waals surface area contributed by atoms with Crippen LogP contribution in [-0.4, -0.2) is 0 Å². The predicted octanol–water partition coefficient (Wildman–Crippen LogP) is 5.67. The maximum atomic E-state index is 2.53. The van der Waals surface area contributed by atoms with Gasteiger partial charge in [-0.25, -0.2) is 0 Å². The molecule has 0 N–H and O–H groups in total. The molecule has 0 heteroatoms. The summed E-state index contributed by atoms with van der Waals surface area (Å²) in [7, 11) is 0. The second-order valence-corrected chi connectivity index (χ2v) is 6.05. The zero-order valence-corrected chi connectivity index (χ0v) is 12.4. The lowest BCUT2D eigenvalue weighted by Crippen LogP contribution is -2.21. The molecule has 0 heterocycles. The third kappa shape index (κ3) is 1.93. The Balaban J connectivity index is 0.000000606. The molecule has 0 aromatic rings. The summed E-state index contributed by atoms with van der Waals surface area (Å²) in [5, 5.41) is 0. The molecule has 16 heavy (non-hydrogen) atoms. The SMILES string of the molecule is CC.CCC1(C2C(C)C2(C)CC)CCCC1. The summed E-state index contributed by atoms with van der Waals surface area (Å²) < 4.78 is 0. The van der Waals surface area contributed by atoms with Gasteiger partial charge in [-0.05, 0) is 35.5 Å². The Bertz CT molecular complexity index is 212. The van der Waals surface area contributed by atoms with Gasteiger partial charge in [-0.1, -0.05) is 67.2 Å². The molecule has 0 radical (unpaired) electrons. The summed E-state index contributed by atoms with van der Waals surface area (Å²) in [5.74, 6) is 2.04. The monoisotopic (exact) mass is 224 g/mol. The molecule has 2 aliphatic carbocycles. The molecule has 3 atom stereocenters. The van der Waals surface area contributed by atoms with Crippen molar-refractivity contribution in [3.63, 3.8) is 0 Å². The molecular formula is C16H32. The van der Waals surface area contributed by atoms with Gasteiger partial charge in [0.2, 0.25) is 0 Å². The fourth-order valence-electron chi connectivity index (χ4n) is 4.53. The second-order valence-electron chi connectivity index (χ2n) is 6.05. The van der Waals surface area contributed by atoms with Crippen molar-refractivity contribution < 1.29 is 0 Å². The van der Waals surface area contributed by atoms with E-state index in [1.165, 1.54) is 38.5 Å². The van der Waals surface area contributed by atoms with Gasteiger partial charge in [-0.15, -0.1) is 0 Å². The molecule has 2 fully saturated rings. The lowest BCUT2D eigenvalue weighted by molar-refractivity contribution is 0.195. The highest BCUT2D eigenvalue weighted by Gasteiger charge is 2.64. The van der Waals surface area contributed by atoms with Gasteiger partial charge in [-0.2, -0.15) is 0 Å². The standard InChI is InChI=1S/C14H26.C2H6/c1-5-13(4)11(3)12(13)14(6-2)9-7-8-10-14;1-2/h11-12H,5-10H2,1-4H3;1-2H3. The summed E-state index contributed by atoms with van der Waals surface area (Å²) in [5.41, 5.74) is 1.45. The first-order valence-electron chi connectivity index (χ1n) is 7.61. The van der Waals surface area contributed by atoms with Crippen LogP contribution in [-0.2, 0) is 0 Å². The van der Waals surface area contributed by atoms with Crippen LogP contribution in [0.25, 0.3) is 0 Å². The molecule has 0 aromatic heterocycles. The third-order valence-corrected chi connectivity index (χ3v) is 5.87. The van der Waals surface area contributed by atoms with E-state index in [1.807, 2.05) is 13.8 Å². The van der Waals surface area contributed by atoms with Crippen LogP contribution < -0.4 is 0 Å². The molecular weight excluding hydrogens is 192 g/mol. The number of hydrogen-bond acceptors (Lipinski definition) is 0. The summed E-state index contributed by atoms with van der Waals surface area (Å²) >= 11 is 0. The topological polar surface area (TPSA) is 0 Å². The lowest BCUT2D eigenvalue weighted by Gasteiger charge is -2.30. The van der Waals surface area contributed by atoms with Crippen molar-refractivity contribution in [2.75, 3.05) is 0 Å². The molecule has 96 valence electrons. The molecule has 0 spiro atoms. The minimum atomic E-state index is 0.695. The smallest absolute Gasteiger partial charge is 0.0263 e. The third-order valence-electron chi connectivity index (χ3n) is 5.87. The zero-order chi connectivity index (χ0) is 12.4. The van der Waals surface area contributed by atoms with Gasteiger partial charge < -0.3 is 0 Å². The Hall–Kier alpha value is 0. The Morgan fingerprint density at radius 1 is 1.00 bits per heavy atom. The van der Waals surface area contributed by atoms with Crippen LogP contribution in [0, 0.1) is 22.7 Å². The van der Waals surface area contributed by atoms with Crippen LogP contribution in [0.4, 0.5) is 0 Å². The molecule has 0 aliphatic heterocycles. The van der Waals surface area contributed by atoms with E-state index in [1.54, 1.807) is 0 Å². The van der Waals surface area contributed by atoms with Crippen LogP contribution >= 0.6 is 0 Å². The Morgan fingerprint density at radius 2 is 1.50 bits per heavy atom. The van der Waals surface area contributed by atoms with Gasteiger partial charge in [-0.3, -0.25) is 0 Å². The van der Waals surface area contributed by atoms with Gasteiger partial charge in [0.05, 0.1) is 0 Å². The molecule has 3 unspecified atom stereocenters. The predicted molar refractivity (Wildman–Crippen MR) is 73.6 cm³/mol. The Labute approximate surface area is 103 Å². The molecule has 2 saturated carbocycles. The number of rotatable bonds is 3. The van der Waals surface area contributed by atoms with E-state index >= 15 is 0 Å². The molecule has 2 rings (SSSR count). The van der Waals surface area contributed by atoms with E-state index in [2.05, 4.69) is 27.7 Å². The quantitative estimate of drug-likeness (QED) is 0.580. The Kier molecular flexibility index (Phi) is 4.49. The van der Waals surface area contributed by atoms with Crippen LogP contribution in [0.15, 0.2) is 0 Å². The van der Waals surface area contributed by atoms with Crippen molar-refractivity contribution >= 4 is 0 Å². The average Bonchev–Trinajstić information content (AvgIpc) is 2.74. The highest BCUT2D eigenvalue weighted by atomic mass is 14.7. The number of hydrogen-bond donors (Lipinski definition) is 0. The molecule has 0 saturated heterocycles. The highest BCUT2D eigenvalue weighted by Crippen LogP contribution is 2.71. The zero-order valence-electron chi connectivity index (χ0n) is 12.4. The van der Waals surface area contributed by atoms with Crippen LogP contribution in [0.3, 0.4) is 0 Å². The summed E-state index contributed by atoms with van der Waals surface area (Å²) in [6.07, 6.45) is 8.86. The maximum absolute atomic E-state index is 2.53. The van der Waals surface area contributed by atoms with Crippen molar-refractivity contribution in [2.45, 2.75) is 80.1 Å². The summed E-state index contributed by atoms with van der Waals surface area (Å²) in [4.78, 5) is 0. The van der Waals surface area contributed by atoms with Crippen molar-refractivity contribution in [1.29, 1.82) is 0 Å². The largest absolute Gasteiger partial charge is 0.0683 e. The van der Waals surface area contributed by atoms with Crippen molar-refractivity contribution in [3.05, 3.63) is 0 Å². The van der Waals surface area contributed by atoms with Crippen molar-refractivity contribution in [2.24, 2.45) is 22.7 Å². The van der Waals surface area contributed by atoms with E-state index in [-0.39, 0.29) is 0 Å². The molecule has 0 aromatic carbocycles. The van der Waals surface area contributed by atoms with Gasteiger partial charge >= 0.3 is 0 Å². The fraction of sp³-hybridized carbons (Fsp3) is 1.00. The molecule has 2 aliphatic rings. The normalized spacial score (nSPS) is 40.1. The van der Waals surface area contributed by atoms with Gasteiger partial charge in [0.15, 0.2) is 0 Å². The van der Waals surface area contributed by atoms with E-state index in [0.717, 1.165) is 17.3 Å². The molecule has 0 nitrogen and oxygen atoms in total. The Morgan fingerprint density at radius 3 is 1.81 bits per heavy atom. The highest BCUT2D eigenvalue weighted by molar-refractivity contribution is 5.13. The van der Waals surface area contributed by atoms with Crippen molar-refractivity contribution in [1.82, 2.24) is 0 Å². The first kappa shape index (κ1) is 14.1. The second kappa shape index (κ2) is 5.10. The van der Waals surface area contributed by atoms with Crippen molar-refractivity contribution in [3.8, 4) is 0 Å².